The highest BCUT2D eigenvalue weighted by atomic mass is 32.1. The van der Waals surface area contributed by atoms with Gasteiger partial charge in [0, 0.05) is 25.7 Å². The van der Waals surface area contributed by atoms with E-state index in [0.29, 0.717) is 0 Å². The lowest BCUT2D eigenvalue weighted by atomic mass is 9.98. The molecule has 2 aromatic carbocycles. The second kappa shape index (κ2) is 6.54. The Hall–Kier alpha value is -2.15. The summed E-state index contributed by atoms with van der Waals surface area (Å²) in [5.41, 5.74) is 3.27. The van der Waals surface area contributed by atoms with Crippen molar-refractivity contribution in [2.24, 2.45) is 0 Å². The monoisotopic (exact) mass is 322 g/mol. The highest BCUT2D eigenvalue weighted by Gasteiger charge is 2.12. The second-order valence-electron chi connectivity index (χ2n) is 5.39. The normalized spacial score (nSPS) is 10.7. The molecule has 3 rings (SSSR count). The van der Waals surface area contributed by atoms with E-state index in [1.807, 2.05) is 18.2 Å². The summed E-state index contributed by atoms with van der Waals surface area (Å²) >= 11 is 1.65. The molecule has 0 bridgehead atoms. The molecule has 0 fully saturated rings. The molecule has 3 heteroatoms. The Morgan fingerprint density at radius 2 is 1.87 bits per heavy atom. The molecule has 2 nitrogen and oxygen atoms in total. The van der Waals surface area contributed by atoms with Crippen LogP contribution in [0.5, 0.6) is 0 Å². The van der Waals surface area contributed by atoms with Gasteiger partial charge in [0.2, 0.25) is 0 Å². The number of aliphatic hydroxyl groups is 1. The summed E-state index contributed by atoms with van der Waals surface area (Å²) < 4.78 is 2.02. The molecule has 1 N–H and O–H groups in total. The van der Waals surface area contributed by atoms with E-state index in [4.69, 9.17) is 5.11 Å². The minimum atomic E-state index is -0.178. The first-order valence-electron chi connectivity index (χ1n) is 7.80. The predicted octanol–water partition coefficient (Wildman–Crippen LogP) is 3.88. The van der Waals surface area contributed by atoms with Crippen LogP contribution in [0.3, 0.4) is 0 Å². The summed E-state index contributed by atoms with van der Waals surface area (Å²) in [7, 11) is 0. The van der Waals surface area contributed by atoms with Crippen molar-refractivity contribution in [1.29, 1.82) is 0 Å². The first-order chi connectivity index (χ1) is 11.2. The number of fused-ring (bicyclic) bond motifs is 2. The topological polar surface area (TPSA) is 37.3 Å². The number of hydrogen-bond donors (Lipinski definition) is 1. The summed E-state index contributed by atoms with van der Waals surface area (Å²) in [6.07, 6.45) is 1.79. The van der Waals surface area contributed by atoms with Crippen molar-refractivity contribution < 1.29 is 5.11 Å². The SMILES string of the molecule is CCc1ccc2sc3ccc(C#CCO)cc3c(=O)c2c1CC. The van der Waals surface area contributed by atoms with Crippen molar-refractivity contribution in [3.05, 3.63) is 57.2 Å². The minimum Gasteiger partial charge on any atom is -0.384 e. The van der Waals surface area contributed by atoms with Gasteiger partial charge in [0.15, 0.2) is 5.43 Å². The fourth-order valence-corrected chi connectivity index (χ4v) is 4.10. The van der Waals surface area contributed by atoms with Crippen LogP contribution in [0.25, 0.3) is 20.2 Å². The van der Waals surface area contributed by atoms with Crippen LogP contribution in [0.1, 0.15) is 30.5 Å². The van der Waals surface area contributed by atoms with E-state index in [9.17, 15) is 4.79 Å². The molecule has 0 radical (unpaired) electrons. The maximum absolute atomic E-state index is 13.1. The molecule has 1 aromatic heterocycles. The van der Waals surface area contributed by atoms with E-state index in [-0.39, 0.29) is 12.0 Å². The van der Waals surface area contributed by atoms with Crippen molar-refractivity contribution in [2.75, 3.05) is 6.61 Å². The zero-order chi connectivity index (χ0) is 16.4. The van der Waals surface area contributed by atoms with Gasteiger partial charge in [0.1, 0.15) is 6.61 Å². The summed E-state index contributed by atoms with van der Waals surface area (Å²) in [5.74, 6) is 5.51. The zero-order valence-electron chi connectivity index (χ0n) is 13.3. The number of aryl methyl sites for hydroxylation is 2. The number of rotatable bonds is 2. The van der Waals surface area contributed by atoms with Gasteiger partial charge in [-0.1, -0.05) is 31.8 Å². The molecule has 0 spiro atoms. The first kappa shape index (κ1) is 15.7. The lowest BCUT2D eigenvalue weighted by molar-refractivity contribution is 0.350. The van der Waals surface area contributed by atoms with E-state index in [2.05, 4.69) is 37.8 Å². The molecule has 0 aliphatic carbocycles. The zero-order valence-corrected chi connectivity index (χ0v) is 14.1. The molecule has 0 saturated carbocycles. The molecule has 0 amide bonds. The first-order valence-corrected chi connectivity index (χ1v) is 8.62. The fraction of sp³-hybridized carbons (Fsp3) is 0.250. The smallest absolute Gasteiger partial charge is 0.196 e. The number of benzene rings is 2. The second-order valence-corrected chi connectivity index (χ2v) is 6.47. The van der Waals surface area contributed by atoms with Crippen LogP contribution in [-0.2, 0) is 12.8 Å². The van der Waals surface area contributed by atoms with Crippen molar-refractivity contribution in [3.63, 3.8) is 0 Å². The van der Waals surface area contributed by atoms with Crippen LogP contribution in [0.4, 0.5) is 0 Å². The molecule has 0 atom stereocenters. The molecule has 0 saturated heterocycles. The lowest BCUT2D eigenvalue weighted by Gasteiger charge is -2.10. The third kappa shape index (κ3) is 2.76. The highest BCUT2D eigenvalue weighted by molar-refractivity contribution is 7.24. The van der Waals surface area contributed by atoms with Gasteiger partial charge in [-0.25, -0.2) is 0 Å². The summed E-state index contributed by atoms with van der Waals surface area (Å²) in [5, 5.41) is 10.4. The lowest BCUT2D eigenvalue weighted by Crippen LogP contribution is -2.06. The Morgan fingerprint density at radius 1 is 1.09 bits per heavy atom. The maximum Gasteiger partial charge on any atom is 0.196 e. The standard InChI is InChI=1S/C20H18O2S/c1-3-14-8-10-18-19(15(14)4-2)20(22)16-12-13(6-5-11-21)7-9-17(16)23-18/h7-10,12,21H,3-4,11H2,1-2H3. The van der Waals surface area contributed by atoms with Crippen molar-refractivity contribution >= 4 is 31.5 Å². The third-order valence-corrected chi connectivity index (χ3v) is 5.23. The largest absolute Gasteiger partial charge is 0.384 e. The van der Waals surface area contributed by atoms with E-state index < -0.39 is 0 Å². The van der Waals surface area contributed by atoms with Gasteiger partial charge in [0.25, 0.3) is 0 Å². The fourth-order valence-electron chi connectivity index (χ4n) is 3.01. The Morgan fingerprint density at radius 3 is 2.57 bits per heavy atom. The molecule has 116 valence electrons. The molecule has 1 heterocycles. The number of hydrogen-bond acceptors (Lipinski definition) is 3. The third-order valence-electron chi connectivity index (χ3n) is 4.09. The van der Waals surface area contributed by atoms with E-state index in [1.54, 1.807) is 11.3 Å². The number of aliphatic hydroxyl groups excluding tert-OH is 1. The Labute approximate surface area is 139 Å². The van der Waals surface area contributed by atoms with Gasteiger partial charge in [-0.2, -0.15) is 0 Å². The average molecular weight is 322 g/mol. The van der Waals surface area contributed by atoms with Crippen molar-refractivity contribution in [1.82, 2.24) is 0 Å². The van der Waals surface area contributed by atoms with Crippen LogP contribution < -0.4 is 5.43 Å². The highest BCUT2D eigenvalue weighted by Crippen LogP contribution is 2.29. The van der Waals surface area contributed by atoms with Gasteiger partial charge in [-0.15, -0.1) is 11.3 Å². The molecule has 0 unspecified atom stereocenters. The Balaban J connectivity index is 2.40. The average Bonchev–Trinajstić information content (AvgIpc) is 2.59. The molecule has 0 aliphatic rings. The van der Waals surface area contributed by atoms with Gasteiger partial charge in [0.05, 0.1) is 0 Å². The summed E-state index contributed by atoms with van der Waals surface area (Å²) in [6.45, 7) is 4.05. The molecule has 0 aliphatic heterocycles. The minimum absolute atomic E-state index is 0.0912. The van der Waals surface area contributed by atoms with E-state index >= 15 is 0 Å². The van der Waals surface area contributed by atoms with Gasteiger partial charge in [-0.05, 0) is 48.2 Å². The molecule has 3 aromatic rings. The van der Waals surface area contributed by atoms with Crippen LogP contribution in [0.15, 0.2) is 35.1 Å². The molecule has 23 heavy (non-hydrogen) atoms. The quantitative estimate of drug-likeness (QED) is 0.574. The van der Waals surface area contributed by atoms with Gasteiger partial charge < -0.3 is 5.11 Å². The molecular weight excluding hydrogens is 304 g/mol. The van der Waals surface area contributed by atoms with E-state index in [0.717, 1.165) is 38.6 Å². The molecular formula is C20H18O2S. The van der Waals surface area contributed by atoms with Gasteiger partial charge >= 0.3 is 0 Å². The predicted molar refractivity (Wildman–Crippen MR) is 98.3 cm³/mol. The Kier molecular flexibility index (Phi) is 4.47. The van der Waals surface area contributed by atoms with Crippen molar-refractivity contribution in [2.45, 2.75) is 26.7 Å². The van der Waals surface area contributed by atoms with Crippen molar-refractivity contribution in [3.8, 4) is 11.8 Å². The summed E-state index contributed by atoms with van der Waals surface area (Å²) in [6, 6.07) is 9.89. The van der Waals surface area contributed by atoms with Gasteiger partial charge in [-0.3, -0.25) is 4.79 Å². The van der Waals surface area contributed by atoms with Crippen LogP contribution in [0.2, 0.25) is 0 Å². The summed E-state index contributed by atoms with van der Waals surface area (Å²) in [4.78, 5) is 13.1. The van der Waals surface area contributed by atoms with Crippen LogP contribution in [0, 0.1) is 11.8 Å². The maximum atomic E-state index is 13.1. The van der Waals surface area contributed by atoms with Crippen LogP contribution in [-0.4, -0.2) is 11.7 Å². The van der Waals surface area contributed by atoms with E-state index in [1.165, 1.54) is 11.1 Å². The van der Waals surface area contributed by atoms with Crippen LogP contribution >= 0.6 is 11.3 Å². The Bertz CT molecular complexity index is 1000.